The summed E-state index contributed by atoms with van der Waals surface area (Å²) in [7, 11) is 0. The van der Waals surface area contributed by atoms with Gasteiger partial charge in [-0.25, -0.2) is 4.98 Å². The van der Waals surface area contributed by atoms with Gasteiger partial charge in [0.05, 0.1) is 18.9 Å². The van der Waals surface area contributed by atoms with Gasteiger partial charge in [0.2, 0.25) is 5.95 Å². The van der Waals surface area contributed by atoms with E-state index in [4.69, 9.17) is 27.8 Å². The summed E-state index contributed by atoms with van der Waals surface area (Å²) in [5.41, 5.74) is 17.6. The first-order chi connectivity index (χ1) is 16.5. The largest absolute Gasteiger partial charge is 0.383 e. The molecule has 34 heavy (non-hydrogen) atoms. The molecule has 6 nitrogen and oxygen atoms in total. The Morgan fingerprint density at radius 3 is 2.21 bits per heavy atom. The first-order valence-corrected chi connectivity index (χ1v) is 12.3. The van der Waals surface area contributed by atoms with E-state index in [0.29, 0.717) is 24.7 Å². The van der Waals surface area contributed by atoms with Crippen LogP contribution in [0.25, 0.3) is 11.1 Å². The first-order valence-electron chi connectivity index (χ1n) is 10.7. The molecular formula is C26H26ClN5OS. The fraction of sp³-hybridized carbons (Fsp3) is 0.154. The van der Waals surface area contributed by atoms with Crippen molar-refractivity contribution < 1.29 is 4.74 Å². The van der Waals surface area contributed by atoms with Crippen molar-refractivity contribution in [2.75, 3.05) is 23.0 Å². The van der Waals surface area contributed by atoms with Crippen LogP contribution in [0.15, 0.2) is 77.7 Å². The van der Waals surface area contributed by atoms with Crippen molar-refractivity contribution in [1.29, 1.82) is 0 Å². The third-order valence-electron chi connectivity index (χ3n) is 5.28. The number of anilines is 3. The van der Waals surface area contributed by atoms with E-state index in [2.05, 4.69) is 45.8 Å². The maximum absolute atomic E-state index is 6.24. The van der Waals surface area contributed by atoms with Gasteiger partial charge < -0.3 is 21.5 Å². The lowest BCUT2D eigenvalue weighted by Crippen LogP contribution is -2.08. The second-order valence-corrected chi connectivity index (χ2v) is 9.00. The Bertz CT molecular complexity index is 1230. The third-order valence-corrected chi connectivity index (χ3v) is 6.27. The molecule has 1 heterocycles. The molecule has 3 aromatic carbocycles. The van der Waals surface area contributed by atoms with E-state index < -0.39 is 0 Å². The molecule has 0 amide bonds. The van der Waals surface area contributed by atoms with Crippen LogP contribution < -0.4 is 16.8 Å². The number of hydrogen-bond donors (Lipinski definition) is 3. The lowest BCUT2D eigenvalue weighted by atomic mass is 10.0. The van der Waals surface area contributed by atoms with Crippen LogP contribution in [-0.2, 0) is 24.5 Å². The highest BCUT2D eigenvalue weighted by Crippen LogP contribution is 2.30. The van der Waals surface area contributed by atoms with Gasteiger partial charge in [-0.05, 0) is 59.3 Å². The van der Waals surface area contributed by atoms with Crippen LogP contribution in [-0.4, -0.2) is 16.2 Å². The van der Waals surface area contributed by atoms with Gasteiger partial charge in [-0.15, -0.1) is 11.8 Å². The lowest BCUT2D eigenvalue weighted by Gasteiger charge is -2.14. The number of hydrogen-bond acceptors (Lipinski definition) is 7. The number of ether oxygens (including phenoxy) is 1. The smallest absolute Gasteiger partial charge is 0.222 e. The van der Waals surface area contributed by atoms with Crippen LogP contribution in [0.1, 0.15) is 16.8 Å². The zero-order valence-corrected chi connectivity index (χ0v) is 20.4. The Balaban J connectivity index is 1.45. The summed E-state index contributed by atoms with van der Waals surface area (Å²) in [4.78, 5) is 9.78. The molecule has 0 aliphatic rings. The van der Waals surface area contributed by atoms with Crippen LogP contribution >= 0.6 is 23.4 Å². The lowest BCUT2D eigenvalue weighted by molar-refractivity contribution is 0.105. The molecule has 0 aliphatic carbocycles. The van der Waals surface area contributed by atoms with E-state index in [-0.39, 0.29) is 12.6 Å². The number of nitrogen functional groups attached to an aromatic ring is 2. The fourth-order valence-corrected chi connectivity index (χ4v) is 4.05. The molecule has 5 N–H and O–H groups in total. The summed E-state index contributed by atoms with van der Waals surface area (Å²) < 4.78 is 5.94. The number of aromatic nitrogens is 2. The van der Waals surface area contributed by atoms with Crippen molar-refractivity contribution in [3.63, 3.8) is 0 Å². The van der Waals surface area contributed by atoms with Gasteiger partial charge in [-0.3, -0.25) is 0 Å². The van der Waals surface area contributed by atoms with Crippen LogP contribution in [0.4, 0.5) is 17.5 Å². The molecule has 0 saturated carbocycles. The second kappa shape index (κ2) is 11.2. The fourth-order valence-electron chi connectivity index (χ4n) is 3.51. The van der Waals surface area contributed by atoms with Crippen molar-refractivity contribution in [1.82, 2.24) is 9.97 Å². The number of thioether (sulfide) groups is 1. The first kappa shape index (κ1) is 23.9. The Kier molecular flexibility index (Phi) is 7.90. The van der Waals surface area contributed by atoms with Gasteiger partial charge in [-0.2, -0.15) is 4.98 Å². The van der Waals surface area contributed by atoms with Gasteiger partial charge in [0.1, 0.15) is 5.82 Å². The molecule has 1 aromatic heterocycles. The van der Waals surface area contributed by atoms with Gasteiger partial charge >= 0.3 is 0 Å². The number of rotatable bonds is 9. The van der Waals surface area contributed by atoms with Crippen molar-refractivity contribution in [3.8, 4) is 11.1 Å². The van der Waals surface area contributed by atoms with E-state index in [1.54, 1.807) is 11.8 Å². The zero-order chi connectivity index (χ0) is 23.9. The summed E-state index contributed by atoms with van der Waals surface area (Å²) in [6, 6.07) is 24.0. The molecular weight excluding hydrogens is 466 g/mol. The maximum atomic E-state index is 6.24. The Morgan fingerprint density at radius 2 is 1.53 bits per heavy atom. The Labute approximate surface area is 208 Å². The molecule has 0 spiro atoms. The minimum Gasteiger partial charge on any atom is -0.383 e. The van der Waals surface area contributed by atoms with E-state index in [1.807, 2.05) is 48.5 Å². The van der Waals surface area contributed by atoms with Gasteiger partial charge in [0, 0.05) is 27.7 Å². The Morgan fingerprint density at radius 1 is 0.853 bits per heavy atom. The molecule has 4 aromatic rings. The topological polar surface area (TPSA) is 99.1 Å². The predicted octanol–water partition coefficient (Wildman–Crippen LogP) is 6.01. The molecule has 0 atom stereocenters. The summed E-state index contributed by atoms with van der Waals surface area (Å²) in [5, 5.41) is 4.13. The minimum absolute atomic E-state index is 0.130. The standard InChI is InChI=1S/C26H26ClN5OS/c1-34-22-12-4-18(5-13-22)15-33-16-23-24(25(28)32-26(29)31-23)19-6-10-21(11-7-19)30-14-17-2-8-20(27)9-3-17/h2-13,30H,14-16H2,1H3,(H4,28,29,31,32). The van der Waals surface area contributed by atoms with Crippen molar-refractivity contribution in [2.24, 2.45) is 0 Å². The summed E-state index contributed by atoms with van der Waals surface area (Å²) in [6.07, 6.45) is 2.05. The monoisotopic (exact) mass is 491 g/mol. The van der Waals surface area contributed by atoms with Gasteiger partial charge in [-0.1, -0.05) is 48.0 Å². The van der Waals surface area contributed by atoms with Crippen molar-refractivity contribution >= 4 is 40.8 Å². The zero-order valence-electron chi connectivity index (χ0n) is 18.8. The van der Waals surface area contributed by atoms with Crippen LogP contribution in [0.3, 0.4) is 0 Å². The van der Waals surface area contributed by atoms with Gasteiger partial charge in [0.15, 0.2) is 0 Å². The highest BCUT2D eigenvalue weighted by molar-refractivity contribution is 7.98. The van der Waals surface area contributed by atoms with Crippen LogP contribution in [0.2, 0.25) is 5.02 Å². The number of halogens is 1. The molecule has 0 fully saturated rings. The Hall–Kier alpha value is -3.26. The highest BCUT2D eigenvalue weighted by Gasteiger charge is 2.14. The quantitative estimate of drug-likeness (QED) is 0.246. The van der Waals surface area contributed by atoms with E-state index >= 15 is 0 Å². The summed E-state index contributed by atoms with van der Waals surface area (Å²) in [5.74, 6) is 0.461. The maximum Gasteiger partial charge on any atom is 0.222 e. The van der Waals surface area contributed by atoms with E-state index in [1.165, 1.54) is 4.90 Å². The molecule has 0 bridgehead atoms. The van der Waals surface area contributed by atoms with Crippen molar-refractivity contribution in [3.05, 3.63) is 94.6 Å². The molecule has 0 radical (unpaired) electrons. The number of nitrogens with two attached hydrogens (primary N) is 2. The highest BCUT2D eigenvalue weighted by atomic mass is 35.5. The molecule has 0 aliphatic heterocycles. The molecule has 0 unspecified atom stereocenters. The normalized spacial score (nSPS) is 10.9. The SMILES string of the molecule is CSc1ccc(COCc2nc(N)nc(N)c2-c2ccc(NCc3ccc(Cl)cc3)cc2)cc1. The van der Waals surface area contributed by atoms with Gasteiger partial charge in [0.25, 0.3) is 0 Å². The molecule has 4 rings (SSSR count). The van der Waals surface area contributed by atoms with E-state index in [0.717, 1.165) is 33.0 Å². The predicted molar refractivity (Wildman–Crippen MR) is 142 cm³/mol. The van der Waals surface area contributed by atoms with Crippen LogP contribution in [0.5, 0.6) is 0 Å². The second-order valence-electron chi connectivity index (χ2n) is 7.69. The molecule has 8 heteroatoms. The summed E-state index contributed by atoms with van der Waals surface area (Å²) in [6.45, 7) is 1.43. The molecule has 174 valence electrons. The third kappa shape index (κ3) is 6.20. The molecule has 0 saturated heterocycles. The number of nitrogens with zero attached hydrogens (tertiary/aromatic N) is 2. The minimum atomic E-state index is 0.130. The van der Waals surface area contributed by atoms with Crippen molar-refractivity contribution in [2.45, 2.75) is 24.7 Å². The summed E-state index contributed by atoms with van der Waals surface area (Å²) >= 11 is 7.66. The van der Waals surface area contributed by atoms with E-state index in [9.17, 15) is 0 Å². The van der Waals surface area contributed by atoms with Crippen LogP contribution in [0, 0.1) is 0 Å². The average molecular weight is 492 g/mol. The number of nitrogens with one attached hydrogen (secondary N) is 1. The number of benzene rings is 3. The average Bonchev–Trinajstić information content (AvgIpc) is 2.84.